The molecule has 4 rings (SSSR count). The Hall–Kier alpha value is -2.86. The summed E-state index contributed by atoms with van der Waals surface area (Å²) >= 11 is 1.43. The number of amides is 1. The van der Waals surface area contributed by atoms with Crippen LogP contribution in [0, 0.1) is 0 Å². The molecule has 3 aromatic rings. The number of hydrogen-bond donors (Lipinski definition) is 1. The number of anilines is 1. The SMILES string of the molecule is COc1ccc(-c2csc(NC(=O)C3(c4ccccc4)CCC3)n2)cc1OC. The predicted octanol–water partition coefficient (Wildman–Crippen LogP) is 4.89. The molecule has 1 heterocycles. The zero-order chi connectivity index (χ0) is 19.6. The molecule has 144 valence electrons. The lowest BCUT2D eigenvalue weighted by Gasteiger charge is -2.40. The van der Waals surface area contributed by atoms with E-state index in [0.717, 1.165) is 36.1 Å². The molecular weight excluding hydrogens is 372 g/mol. The van der Waals surface area contributed by atoms with Crippen LogP contribution in [0.1, 0.15) is 24.8 Å². The number of ether oxygens (including phenoxy) is 2. The maximum atomic E-state index is 13.1. The van der Waals surface area contributed by atoms with Gasteiger partial charge in [0.2, 0.25) is 5.91 Å². The van der Waals surface area contributed by atoms with E-state index in [1.165, 1.54) is 11.3 Å². The quantitative estimate of drug-likeness (QED) is 0.647. The van der Waals surface area contributed by atoms with Crippen molar-refractivity contribution in [1.82, 2.24) is 4.98 Å². The van der Waals surface area contributed by atoms with E-state index >= 15 is 0 Å². The number of nitrogens with one attached hydrogen (secondary N) is 1. The van der Waals surface area contributed by atoms with Gasteiger partial charge in [0, 0.05) is 10.9 Å². The summed E-state index contributed by atoms with van der Waals surface area (Å²) in [5, 5.41) is 5.58. The fraction of sp³-hybridized carbons (Fsp3) is 0.273. The van der Waals surface area contributed by atoms with Crippen LogP contribution < -0.4 is 14.8 Å². The molecule has 28 heavy (non-hydrogen) atoms. The van der Waals surface area contributed by atoms with Crippen LogP contribution in [-0.2, 0) is 10.2 Å². The molecule has 2 aromatic carbocycles. The average molecular weight is 394 g/mol. The third-order valence-electron chi connectivity index (χ3n) is 5.37. The van der Waals surface area contributed by atoms with E-state index in [4.69, 9.17) is 9.47 Å². The number of thiazole rings is 1. The van der Waals surface area contributed by atoms with Gasteiger partial charge in [-0.1, -0.05) is 36.8 Å². The van der Waals surface area contributed by atoms with E-state index in [-0.39, 0.29) is 5.91 Å². The molecule has 0 spiro atoms. The van der Waals surface area contributed by atoms with Crippen LogP contribution >= 0.6 is 11.3 Å². The molecule has 1 aromatic heterocycles. The van der Waals surface area contributed by atoms with Crippen molar-refractivity contribution in [3.63, 3.8) is 0 Å². The highest BCUT2D eigenvalue weighted by Gasteiger charge is 2.45. The summed E-state index contributed by atoms with van der Waals surface area (Å²) in [7, 11) is 3.22. The van der Waals surface area contributed by atoms with Crippen molar-refractivity contribution in [2.24, 2.45) is 0 Å². The van der Waals surface area contributed by atoms with Crippen molar-refractivity contribution in [2.45, 2.75) is 24.7 Å². The average Bonchev–Trinajstić information content (AvgIpc) is 3.16. The van der Waals surface area contributed by atoms with Crippen LogP contribution in [0.5, 0.6) is 11.5 Å². The second kappa shape index (κ2) is 7.64. The Kier molecular flexibility index (Phi) is 5.05. The van der Waals surface area contributed by atoms with Crippen LogP contribution in [0.2, 0.25) is 0 Å². The monoisotopic (exact) mass is 394 g/mol. The van der Waals surface area contributed by atoms with Gasteiger partial charge >= 0.3 is 0 Å². The van der Waals surface area contributed by atoms with Crippen molar-refractivity contribution in [1.29, 1.82) is 0 Å². The van der Waals surface area contributed by atoms with E-state index in [9.17, 15) is 4.79 Å². The molecule has 6 heteroatoms. The van der Waals surface area contributed by atoms with Crippen LogP contribution in [0.25, 0.3) is 11.3 Å². The Morgan fingerprint density at radius 1 is 1.07 bits per heavy atom. The first-order valence-electron chi connectivity index (χ1n) is 9.21. The van der Waals surface area contributed by atoms with Gasteiger partial charge in [-0.15, -0.1) is 11.3 Å². The molecule has 0 radical (unpaired) electrons. The lowest BCUT2D eigenvalue weighted by Crippen LogP contribution is -2.45. The number of nitrogens with zero attached hydrogens (tertiary/aromatic N) is 1. The Bertz CT molecular complexity index is 980. The van der Waals surface area contributed by atoms with Gasteiger partial charge in [0.25, 0.3) is 0 Å². The van der Waals surface area contributed by atoms with Gasteiger partial charge in [-0.05, 0) is 36.6 Å². The number of aromatic nitrogens is 1. The fourth-order valence-corrected chi connectivity index (χ4v) is 4.33. The molecule has 1 aliphatic carbocycles. The first kappa shape index (κ1) is 18.5. The first-order chi connectivity index (χ1) is 13.7. The van der Waals surface area contributed by atoms with E-state index in [2.05, 4.69) is 10.3 Å². The van der Waals surface area contributed by atoms with Crippen LogP contribution in [0.4, 0.5) is 5.13 Å². The molecule has 1 fully saturated rings. The molecule has 1 amide bonds. The summed E-state index contributed by atoms with van der Waals surface area (Å²) in [5.41, 5.74) is 2.35. The molecule has 1 N–H and O–H groups in total. The summed E-state index contributed by atoms with van der Waals surface area (Å²) in [6.07, 6.45) is 2.81. The lowest BCUT2D eigenvalue weighted by molar-refractivity contribution is -0.124. The molecule has 0 saturated heterocycles. The normalized spacial score (nSPS) is 14.8. The Morgan fingerprint density at radius 3 is 2.46 bits per heavy atom. The molecule has 1 aliphatic rings. The molecule has 0 atom stereocenters. The zero-order valence-electron chi connectivity index (χ0n) is 15.9. The molecular formula is C22H22N2O3S. The lowest BCUT2D eigenvalue weighted by atomic mass is 9.64. The van der Waals surface area contributed by atoms with Gasteiger partial charge in [0.1, 0.15) is 0 Å². The Labute approximate surface area is 168 Å². The number of benzene rings is 2. The highest BCUT2D eigenvalue weighted by molar-refractivity contribution is 7.14. The third-order valence-corrected chi connectivity index (χ3v) is 6.13. The molecule has 0 aliphatic heterocycles. The molecule has 1 saturated carbocycles. The largest absolute Gasteiger partial charge is 0.493 e. The fourth-order valence-electron chi connectivity index (χ4n) is 3.61. The number of carbonyl (C=O) groups is 1. The third kappa shape index (κ3) is 3.24. The highest BCUT2D eigenvalue weighted by Crippen LogP contribution is 2.44. The summed E-state index contributed by atoms with van der Waals surface area (Å²) in [4.78, 5) is 17.7. The zero-order valence-corrected chi connectivity index (χ0v) is 16.7. The maximum Gasteiger partial charge on any atom is 0.236 e. The van der Waals surface area contributed by atoms with E-state index in [0.29, 0.717) is 16.6 Å². The van der Waals surface area contributed by atoms with Gasteiger partial charge in [-0.3, -0.25) is 4.79 Å². The summed E-state index contributed by atoms with van der Waals surface area (Å²) in [5.74, 6) is 1.35. The van der Waals surface area contributed by atoms with Gasteiger partial charge in [0.15, 0.2) is 16.6 Å². The Balaban J connectivity index is 1.55. The van der Waals surface area contributed by atoms with Gasteiger partial charge in [-0.2, -0.15) is 0 Å². The maximum absolute atomic E-state index is 13.1. The minimum atomic E-state index is -0.434. The minimum absolute atomic E-state index is 0.0261. The van der Waals surface area contributed by atoms with Crippen molar-refractivity contribution in [3.05, 3.63) is 59.5 Å². The summed E-state index contributed by atoms with van der Waals surface area (Å²) in [6.45, 7) is 0. The smallest absolute Gasteiger partial charge is 0.236 e. The molecule has 0 bridgehead atoms. The molecule has 0 unspecified atom stereocenters. The van der Waals surface area contributed by atoms with E-state index in [1.807, 2.05) is 53.9 Å². The number of rotatable bonds is 6. The topological polar surface area (TPSA) is 60.5 Å². The van der Waals surface area contributed by atoms with Crippen molar-refractivity contribution in [2.75, 3.05) is 19.5 Å². The van der Waals surface area contributed by atoms with E-state index in [1.54, 1.807) is 14.2 Å². The van der Waals surface area contributed by atoms with E-state index < -0.39 is 5.41 Å². The van der Waals surface area contributed by atoms with Crippen LogP contribution in [0.3, 0.4) is 0 Å². The standard InChI is InChI=1S/C22H22N2O3S/c1-26-18-10-9-15(13-19(18)27-2)17-14-28-21(23-17)24-20(25)22(11-6-12-22)16-7-4-3-5-8-16/h3-5,7-10,13-14H,6,11-12H2,1-2H3,(H,23,24,25). The Morgan fingerprint density at radius 2 is 1.82 bits per heavy atom. The van der Waals surface area contributed by atoms with Gasteiger partial charge in [-0.25, -0.2) is 4.98 Å². The van der Waals surface area contributed by atoms with Gasteiger partial charge in [0.05, 0.1) is 25.3 Å². The highest BCUT2D eigenvalue weighted by atomic mass is 32.1. The van der Waals surface area contributed by atoms with Crippen LogP contribution in [0.15, 0.2) is 53.9 Å². The second-order valence-electron chi connectivity index (χ2n) is 6.86. The second-order valence-corrected chi connectivity index (χ2v) is 7.72. The van der Waals surface area contributed by atoms with Crippen molar-refractivity contribution >= 4 is 22.4 Å². The first-order valence-corrected chi connectivity index (χ1v) is 10.1. The number of hydrogen-bond acceptors (Lipinski definition) is 5. The minimum Gasteiger partial charge on any atom is -0.493 e. The molecule has 5 nitrogen and oxygen atoms in total. The number of carbonyl (C=O) groups excluding carboxylic acids is 1. The van der Waals surface area contributed by atoms with Gasteiger partial charge < -0.3 is 14.8 Å². The summed E-state index contributed by atoms with van der Waals surface area (Å²) in [6, 6.07) is 15.7. The predicted molar refractivity (Wildman–Crippen MR) is 111 cm³/mol. The summed E-state index contributed by atoms with van der Waals surface area (Å²) < 4.78 is 10.6. The van der Waals surface area contributed by atoms with Crippen LogP contribution in [-0.4, -0.2) is 25.1 Å². The number of methoxy groups -OCH3 is 2. The van der Waals surface area contributed by atoms with Crippen molar-refractivity contribution in [3.8, 4) is 22.8 Å². The van der Waals surface area contributed by atoms with Crippen molar-refractivity contribution < 1.29 is 14.3 Å².